The van der Waals surface area contributed by atoms with Gasteiger partial charge in [0.25, 0.3) is 0 Å². The van der Waals surface area contributed by atoms with Crippen LogP contribution in [-0.4, -0.2) is 20.1 Å². The minimum atomic E-state index is 0.632. The Labute approximate surface area is 131 Å². The summed E-state index contributed by atoms with van der Waals surface area (Å²) in [6.07, 6.45) is 0.786. The fraction of sp³-hybridized carbons (Fsp3) is 0.429. The number of rotatable bonds is 4. The highest BCUT2D eigenvalue weighted by atomic mass is 32.2. The van der Waals surface area contributed by atoms with Gasteiger partial charge in [-0.05, 0) is 26.3 Å². The molecule has 0 fully saturated rings. The number of fused-ring (bicyclic) bond motifs is 1. The molecule has 0 amide bonds. The third kappa shape index (κ3) is 2.80. The van der Waals surface area contributed by atoms with E-state index in [0.29, 0.717) is 11.6 Å². The average molecular weight is 320 g/mol. The van der Waals surface area contributed by atoms with Gasteiger partial charge in [0.1, 0.15) is 15.7 Å². The number of thiophene rings is 1. The third-order valence-corrected chi connectivity index (χ3v) is 5.33. The van der Waals surface area contributed by atoms with Gasteiger partial charge in [-0.3, -0.25) is 0 Å². The molecule has 0 spiro atoms. The largest absolute Gasteiger partial charge is 0.338 e. The maximum atomic E-state index is 5.23. The molecule has 0 aliphatic heterocycles. The van der Waals surface area contributed by atoms with Crippen molar-refractivity contribution < 1.29 is 4.52 Å². The first-order chi connectivity index (χ1) is 10.1. The Morgan fingerprint density at radius 2 is 1.95 bits per heavy atom. The van der Waals surface area contributed by atoms with Crippen LogP contribution < -0.4 is 0 Å². The highest BCUT2D eigenvalue weighted by Gasteiger charge is 2.15. The second-order valence-electron chi connectivity index (χ2n) is 4.79. The summed E-state index contributed by atoms with van der Waals surface area (Å²) in [4.78, 5) is 15.8. The van der Waals surface area contributed by atoms with Crippen LogP contribution in [0, 0.1) is 20.8 Å². The van der Waals surface area contributed by atoms with Crippen LogP contribution in [0.2, 0.25) is 0 Å². The Bertz CT molecular complexity index is 794. The minimum Gasteiger partial charge on any atom is -0.338 e. The van der Waals surface area contributed by atoms with E-state index in [1.807, 2.05) is 13.8 Å². The van der Waals surface area contributed by atoms with E-state index in [1.54, 1.807) is 23.1 Å². The molecule has 3 aromatic heterocycles. The SMILES string of the molecule is CCc1noc(CSc2nc(C)nc3sc(C)c(C)c23)n1. The first-order valence-electron chi connectivity index (χ1n) is 6.77. The fourth-order valence-electron chi connectivity index (χ4n) is 2.04. The van der Waals surface area contributed by atoms with Crippen LogP contribution in [0.3, 0.4) is 0 Å². The molecule has 3 rings (SSSR count). The zero-order valence-electron chi connectivity index (χ0n) is 12.4. The van der Waals surface area contributed by atoms with Gasteiger partial charge in [-0.2, -0.15) is 4.98 Å². The lowest BCUT2D eigenvalue weighted by atomic mass is 10.2. The molecule has 0 aliphatic rings. The molecule has 3 aromatic rings. The second kappa shape index (κ2) is 5.73. The molecular formula is C14H16N4OS2. The first-order valence-corrected chi connectivity index (χ1v) is 8.57. The smallest absolute Gasteiger partial charge is 0.237 e. The minimum absolute atomic E-state index is 0.632. The monoisotopic (exact) mass is 320 g/mol. The van der Waals surface area contributed by atoms with Crippen molar-refractivity contribution >= 4 is 33.3 Å². The van der Waals surface area contributed by atoms with Crippen molar-refractivity contribution in [2.24, 2.45) is 0 Å². The Kier molecular flexibility index (Phi) is 3.95. The van der Waals surface area contributed by atoms with Crippen LogP contribution in [0.1, 0.15) is 34.9 Å². The molecule has 0 saturated carbocycles. The molecule has 0 aliphatic carbocycles. The molecule has 0 N–H and O–H groups in total. The van der Waals surface area contributed by atoms with Gasteiger partial charge in [0.2, 0.25) is 5.89 Å². The number of hydrogen-bond acceptors (Lipinski definition) is 7. The Morgan fingerprint density at radius 3 is 2.67 bits per heavy atom. The highest BCUT2D eigenvalue weighted by molar-refractivity contribution is 7.98. The number of nitrogens with zero attached hydrogens (tertiary/aromatic N) is 4. The number of aryl methyl sites for hydroxylation is 4. The molecule has 0 radical (unpaired) electrons. The van der Waals surface area contributed by atoms with Gasteiger partial charge in [-0.15, -0.1) is 11.3 Å². The zero-order valence-corrected chi connectivity index (χ0v) is 14.1. The summed E-state index contributed by atoms with van der Waals surface area (Å²) in [6, 6.07) is 0. The van der Waals surface area contributed by atoms with Gasteiger partial charge >= 0.3 is 0 Å². The van der Waals surface area contributed by atoms with Crippen molar-refractivity contribution in [2.75, 3.05) is 0 Å². The predicted molar refractivity (Wildman–Crippen MR) is 84.9 cm³/mol. The van der Waals surface area contributed by atoms with Gasteiger partial charge in [0.05, 0.1) is 5.75 Å². The molecule has 110 valence electrons. The first kappa shape index (κ1) is 14.5. The van der Waals surface area contributed by atoms with E-state index in [4.69, 9.17) is 4.52 Å². The summed E-state index contributed by atoms with van der Waals surface area (Å²) in [7, 11) is 0. The standard InChI is InChI=1S/C14H16N4OS2/c1-5-10-17-11(19-18-10)6-20-13-12-7(2)8(3)21-14(12)16-9(4)15-13/h5-6H2,1-4H3. The molecule has 0 aromatic carbocycles. The average Bonchev–Trinajstić information content (AvgIpc) is 3.02. The van der Waals surface area contributed by atoms with Crippen molar-refractivity contribution in [3.05, 3.63) is 28.0 Å². The van der Waals surface area contributed by atoms with Crippen molar-refractivity contribution in [1.29, 1.82) is 0 Å². The second-order valence-corrected chi connectivity index (χ2v) is 6.95. The van der Waals surface area contributed by atoms with E-state index < -0.39 is 0 Å². The molecule has 0 saturated heterocycles. The van der Waals surface area contributed by atoms with Crippen LogP contribution in [0.4, 0.5) is 0 Å². The fourth-order valence-corrected chi connectivity index (χ4v) is 4.15. The lowest BCUT2D eigenvalue weighted by molar-refractivity contribution is 0.385. The summed E-state index contributed by atoms with van der Waals surface area (Å²) >= 11 is 3.35. The van der Waals surface area contributed by atoms with Gasteiger partial charge in [-0.25, -0.2) is 9.97 Å². The summed E-state index contributed by atoms with van der Waals surface area (Å²) in [5.41, 5.74) is 1.26. The van der Waals surface area contributed by atoms with E-state index in [1.165, 1.54) is 10.4 Å². The maximum absolute atomic E-state index is 5.23. The van der Waals surface area contributed by atoms with E-state index in [9.17, 15) is 0 Å². The predicted octanol–water partition coefficient (Wildman–Crippen LogP) is 3.85. The number of aromatic nitrogens is 4. The Hall–Kier alpha value is -1.47. The maximum Gasteiger partial charge on any atom is 0.237 e. The molecule has 3 heterocycles. The Morgan fingerprint density at radius 1 is 1.14 bits per heavy atom. The van der Waals surface area contributed by atoms with Crippen LogP contribution in [0.15, 0.2) is 9.55 Å². The van der Waals surface area contributed by atoms with Crippen molar-refractivity contribution in [3.8, 4) is 0 Å². The summed E-state index contributed by atoms with van der Waals surface area (Å²) in [5, 5.41) is 6.07. The van der Waals surface area contributed by atoms with Gasteiger partial charge in [0, 0.05) is 16.7 Å². The van der Waals surface area contributed by atoms with Crippen LogP contribution in [-0.2, 0) is 12.2 Å². The molecule has 7 heteroatoms. The lowest BCUT2D eigenvalue weighted by Gasteiger charge is -2.03. The van der Waals surface area contributed by atoms with Gasteiger partial charge < -0.3 is 4.52 Å². The van der Waals surface area contributed by atoms with E-state index in [0.717, 1.165) is 33.3 Å². The zero-order chi connectivity index (χ0) is 15.0. The van der Waals surface area contributed by atoms with E-state index in [-0.39, 0.29) is 0 Å². The van der Waals surface area contributed by atoms with Crippen molar-refractivity contribution in [1.82, 2.24) is 20.1 Å². The normalized spacial score (nSPS) is 11.4. The van der Waals surface area contributed by atoms with Crippen LogP contribution in [0.5, 0.6) is 0 Å². The molecule has 0 unspecified atom stereocenters. The summed E-state index contributed by atoms with van der Waals surface area (Å²) < 4.78 is 5.23. The van der Waals surface area contributed by atoms with Gasteiger partial charge in [-0.1, -0.05) is 23.8 Å². The molecular weight excluding hydrogens is 304 g/mol. The summed E-state index contributed by atoms with van der Waals surface area (Å²) in [6.45, 7) is 8.18. The number of thioether (sulfide) groups is 1. The summed E-state index contributed by atoms with van der Waals surface area (Å²) in [5.74, 6) is 2.82. The lowest BCUT2D eigenvalue weighted by Crippen LogP contribution is -1.92. The molecule has 21 heavy (non-hydrogen) atoms. The topological polar surface area (TPSA) is 64.7 Å². The van der Waals surface area contributed by atoms with Crippen LogP contribution >= 0.6 is 23.1 Å². The quantitative estimate of drug-likeness (QED) is 0.537. The third-order valence-electron chi connectivity index (χ3n) is 3.27. The van der Waals surface area contributed by atoms with E-state index in [2.05, 4.69) is 34.0 Å². The highest BCUT2D eigenvalue weighted by Crippen LogP contribution is 2.35. The molecule has 0 atom stereocenters. The molecule has 0 bridgehead atoms. The van der Waals surface area contributed by atoms with Crippen molar-refractivity contribution in [3.63, 3.8) is 0 Å². The molecule has 5 nitrogen and oxygen atoms in total. The van der Waals surface area contributed by atoms with Gasteiger partial charge in [0.15, 0.2) is 5.82 Å². The van der Waals surface area contributed by atoms with Crippen molar-refractivity contribution in [2.45, 2.75) is 44.9 Å². The number of hydrogen-bond donors (Lipinski definition) is 0. The van der Waals surface area contributed by atoms with Crippen LogP contribution in [0.25, 0.3) is 10.2 Å². The van der Waals surface area contributed by atoms with E-state index >= 15 is 0 Å². The Balaban J connectivity index is 1.92.